The Kier molecular flexibility index (Phi) is 25.3. The van der Waals surface area contributed by atoms with Gasteiger partial charge >= 0.3 is 75.5 Å². The van der Waals surface area contributed by atoms with E-state index in [2.05, 4.69) is 20.8 Å². The standard InChI is InChI=1S/C10H20O2.2C4H9.Sn/c1-2-3-4-5-6-7-8-9-10(11)12;2*1-3-4-2;/h2-9H2,1H3,(H,11,12);2*1,3-4H2,2H3;. The molecule has 0 saturated heterocycles. The van der Waals surface area contributed by atoms with E-state index >= 15 is 0 Å². The number of carboxylic acid groups (broad SMARTS) is 1. The summed E-state index contributed by atoms with van der Waals surface area (Å²) < 4.78 is 3.25. The summed E-state index contributed by atoms with van der Waals surface area (Å²) in [5.41, 5.74) is 0. The summed E-state index contributed by atoms with van der Waals surface area (Å²) in [6, 6.07) is 0. The molecule has 1 N–H and O–H groups in total. The van der Waals surface area contributed by atoms with Gasteiger partial charge in [-0.15, -0.1) is 0 Å². The minimum absolute atomic E-state index is 0.149. The van der Waals surface area contributed by atoms with Gasteiger partial charge in [0.25, 0.3) is 0 Å². The maximum atomic E-state index is 10.1. The number of carbonyl (C=O) groups is 1. The molecule has 0 aliphatic heterocycles. The zero-order chi connectivity index (χ0) is 16.2. The van der Waals surface area contributed by atoms with Gasteiger partial charge in [-0.25, -0.2) is 0 Å². The Morgan fingerprint density at radius 1 is 0.714 bits per heavy atom. The van der Waals surface area contributed by atoms with E-state index in [0.717, 1.165) is 12.8 Å². The molecule has 0 saturated carbocycles. The van der Waals surface area contributed by atoms with Crippen LogP contribution in [0, 0.1) is 0 Å². The molecule has 0 aromatic carbocycles. The molecule has 0 aromatic rings. The molecule has 0 rings (SSSR count). The van der Waals surface area contributed by atoms with Gasteiger partial charge < -0.3 is 5.11 Å². The molecule has 0 aromatic heterocycles. The van der Waals surface area contributed by atoms with E-state index < -0.39 is 5.97 Å². The van der Waals surface area contributed by atoms with Crippen molar-refractivity contribution in [2.75, 3.05) is 0 Å². The Morgan fingerprint density at radius 2 is 1.14 bits per heavy atom. The Bertz CT molecular complexity index is 190. The molecule has 0 spiro atoms. The third kappa shape index (κ3) is 29.0. The summed E-state index contributed by atoms with van der Waals surface area (Å²) in [4.78, 5) is 10.1. The van der Waals surface area contributed by atoms with Gasteiger partial charge in [-0.2, -0.15) is 0 Å². The molecule has 0 aliphatic rings. The number of rotatable bonds is 14. The van der Waals surface area contributed by atoms with Gasteiger partial charge in [0.2, 0.25) is 0 Å². The fraction of sp³-hybridized carbons (Fsp3) is 0.944. The van der Waals surface area contributed by atoms with E-state index in [1.165, 1.54) is 57.8 Å². The van der Waals surface area contributed by atoms with Crippen LogP contribution in [0.1, 0.15) is 97.8 Å². The van der Waals surface area contributed by atoms with Gasteiger partial charge in [0.15, 0.2) is 0 Å². The number of carboxylic acids is 1. The first kappa shape index (κ1) is 23.5. The molecular formula is C18H38O2Sn. The van der Waals surface area contributed by atoms with Gasteiger partial charge in [0, 0.05) is 6.42 Å². The van der Waals surface area contributed by atoms with Crippen molar-refractivity contribution in [3.63, 3.8) is 0 Å². The summed E-state index contributed by atoms with van der Waals surface area (Å²) in [7, 11) is 0. The molecule has 0 heterocycles. The van der Waals surface area contributed by atoms with E-state index in [1.54, 1.807) is 8.87 Å². The molecule has 2 radical (unpaired) electrons. The SMILES string of the molecule is CCCCCCCCCC(=O)O.CCC[CH2][Sn][CH2]CCC. The Morgan fingerprint density at radius 3 is 1.57 bits per heavy atom. The Labute approximate surface area is 143 Å². The molecule has 2 nitrogen and oxygen atoms in total. The van der Waals surface area contributed by atoms with Crippen LogP contribution in [0.2, 0.25) is 8.87 Å². The second-order valence-electron chi connectivity index (χ2n) is 5.72. The van der Waals surface area contributed by atoms with Crippen LogP contribution in [0.5, 0.6) is 0 Å². The van der Waals surface area contributed by atoms with Crippen LogP contribution in [-0.2, 0) is 4.79 Å². The van der Waals surface area contributed by atoms with Crippen molar-refractivity contribution in [1.82, 2.24) is 0 Å². The molecule has 3 heteroatoms. The zero-order valence-electron chi connectivity index (χ0n) is 14.8. The molecule has 21 heavy (non-hydrogen) atoms. The normalized spacial score (nSPS) is 10.0. The fourth-order valence-electron chi connectivity index (χ4n) is 1.96. The zero-order valence-corrected chi connectivity index (χ0v) is 17.6. The van der Waals surface area contributed by atoms with E-state index in [1.807, 2.05) is 0 Å². The van der Waals surface area contributed by atoms with Crippen molar-refractivity contribution < 1.29 is 9.90 Å². The summed E-state index contributed by atoms with van der Waals surface area (Å²) in [5.74, 6) is -0.663. The van der Waals surface area contributed by atoms with Crippen LogP contribution in [0.3, 0.4) is 0 Å². The molecule has 0 unspecified atom stereocenters. The van der Waals surface area contributed by atoms with Gasteiger partial charge in [0.05, 0.1) is 0 Å². The summed E-state index contributed by atoms with van der Waals surface area (Å²) in [6.07, 6.45) is 14.5. The van der Waals surface area contributed by atoms with Crippen molar-refractivity contribution in [2.24, 2.45) is 0 Å². The average Bonchev–Trinajstić information content (AvgIpc) is 2.47. The molecular weight excluding hydrogens is 367 g/mol. The van der Waals surface area contributed by atoms with Gasteiger partial charge in [0.1, 0.15) is 0 Å². The van der Waals surface area contributed by atoms with Crippen LogP contribution >= 0.6 is 0 Å². The molecule has 0 aliphatic carbocycles. The van der Waals surface area contributed by atoms with Gasteiger partial charge in [-0.05, 0) is 6.42 Å². The van der Waals surface area contributed by atoms with Crippen LogP contribution in [0.4, 0.5) is 0 Å². The number of hydrogen-bond acceptors (Lipinski definition) is 1. The topological polar surface area (TPSA) is 37.3 Å². The van der Waals surface area contributed by atoms with E-state index in [9.17, 15) is 4.79 Å². The monoisotopic (exact) mass is 406 g/mol. The van der Waals surface area contributed by atoms with E-state index in [-0.39, 0.29) is 21.1 Å². The number of unbranched alkanes of at least 4 members (excludes halogenated alkanes) is 8. The van der Waals surface area contributed by atoms with Gasteiger partial charge in [-0.3, -0.25) is 4.79 Å². The number of hydrogen-bond donors (Lipinski definition) is 1. The van der Waals surface area contributed by atoms with Crippen molar-refractivity contribution in [2.45, 2.75) is 107 Å². The van der Waals surface area contributed by atoms with Crippen molar-refractivity contribution in [3.8, 4) is 0 Å². The van der Waals surface area contributed by atoms with Crippen LogP contribution in [0.25, 0.3) is 0 Å². The van der Waals surface area contributed by atoms with Crippen LogP contribution in [-0.4, -0.2) is 32.2 Å². The van der Waals surface area contributed by atoms with Crippen LogP contribution < -0.4 is 0 Å². The average molecular weight is 405 g/mol. The second-order valence-corrected chi connectivity index (χ2v) is 10.0. The quantitative estimate of drug-likeness (QED) is 0.271. The summed E-state index contributed by atoms with van der Waals surface area (Å²) in [6.45, 7) is 6.78. The van der Waals surface area contributed by atoms with Crippen molar-refractivity contribution in [1.29, 1.82) is 0 Å². The van der Waals surface area contributed by atoms with E-state index in [4.69, 9.17) is 5.11 Å². The predicted octanol–water partition coefficient (Wildman–Crippen LogP) is 6.34. The third-order valence-electron chi connectivity index (χ3n) is 3.41. The van der Waals surface area contributed by atoms with Crippen LogP contribution in [0.15, 0.2) is 0 Å². The molecule has 0 fully saturated rings. The first-order valence-corrected chi connectivity index (χ1v) is 13.1. The third-order valence-corrected chi connectivity index (χ3v) is 7.44. The molecule has 0 amide bonds. The maximum absolute atomic E-state index is 10.1. The first-order chi connectivity index (χ1) is 10.2. The summed E-state index contributed by atoms with van der Waals surface area (Å²) >= 11 is 0.149. The van der Waals surface area contributed by atoms with E-state index in [0.29, 0.717) is 6.42 Å². The minimum atomic E-state index is -0.663. The predicted molar refractivity (Wildman–Crippen MR) is 95.4 cm³/mol. The van der Waals surface area contributed by atoms with Crippen molar-refractivity contribution in [3.05, 3.63) is 0 Å². The number of aliphatic carboxylic acids is 1. The molecule has 0 atom stereocenters. The van der Waals surface area contributed by atoms with Gasteiger partial charge in [-0.1, -0.05) is 45.4 Å². The van der Waals surface area contributed by atoms with Crippen molar-refractivity contribution >= 4 is 27.1 Å². The Hall–Kier alpha value is 0.269. The molecule has 0 bridgehead atoms. The first-order valence-electron chi connectivity index (χ1n) is 9.11. The molecule has 126 valence electrons. The second kappa shape index (κ2) is 22.5. The Balaban J connectivity index is 0. The fourth-order valence-corrected chi connectivity index (χ4v) is 6.12. The summed E-state index contributed by atoms with van der Waals surface area (Å²) in [5, 5.41) is 8.35.